The Morgan fingerprint density at radius 2 is 1.50 bits per heavy atom. The Morgan fingerprint density at radius 3 is 2.20 bits per heavy atom. The number of ketones is 3. The standard InChI is InChI=1S/C67H97N9O14/c1-40-16-12-11-13-17-42(3)55(85-8)34-49-21-19-46(7)67(84,90-49)61(80)62(81)76-24-15-14-18-52(76)63(82)88-56(35-53(77)43(4)31-45(6)59(79)60(87-10)58(78)44(5)30-40)50(68)32-47-20-22-54(57(33-47)86-9)89-66(83)75-25-23-51-48(39-75)38-71-65(72-51)74-28-26-73(27-29-74)64-69-36-41(2)37-70-64/h11-13,16-17,31,36-38,40,43-44,46-47,49-50,52,54-57,59-60,79,84H,14-15,18-30,32-35,39,68H2,1-10H3/b13-11+,16-12+,42-17+,45-31+/t40-,43-,44-,46-,47+,49+,50-,52+,54-,55+,56+,57-,59-,60+,67-/m1/s1. The second-order valence-corrected chi connectivity index (χ2v) is 26.0. The van der Waals surface area contributed by atoms with E-state index in [2.05, 4.69) is 19.8 Å². The number of nitrogens with two attached hydrogens (primary N) is 1. The molecule has 2 aromatic rings. The quantitative estimate of drug-likeness (QED) is 0.141. The van der Waals surface area contributed by atoms with Crippen LogP contribution in [-0.2, 0) is 65.4 Å². The number of cyclic esters (lactones) is 1. The predicted molar refractivity (Wildman–Crippen MR) is 336 cm³/mol. The molecule has 0 radical (unpaired) electrons. The number of aromatic nitrogens is 4. The highest BCUT2D eigenvalue weighted by Crippen LogP contribution is 2.38. The van der Waals surface area contributed by atoms with E-state index < -0.39 is 102 Å². The van der Waals surface area contributed by atoms with Gasteiger partial charge in [-0.3, -0.25) is 19.2 Å². The first-order valence-electron chi connectivity index (χ1n) is 32.3. The van der Waals surface area contributed by atoms with E-state index in [4.69, 9.17) is 44.1 Å². The van der Waals surface area contributed by atoms with E-state index in [1.165, 1.54) is 7.11 Å². The molecule has 6 aliphatic rings. The number of carbonyl (C=O) groups is 6. The number of ether oxygens (including phenoxy) is 6. The topological polar surface area (TPSA) is 289 Å². The van der Waals surface area contributed by atoms with Gasteiger partial charge in [0.2, 0.25) is 17.7 Å². The largest absolute Gasteiger partial charge is 0.459 e. The van der Waals surface area contributed by atoms with Gasteiger partial charge in [0, 0.05) is 128 Å². The molecule has 0 aromatic carbocycles. The average Bonchev–Trinajstić information content (AvgIpc) is 1.00. The maximum atomic E-state index is 14.7. The Hall–Kier alpha value is -6.34. The third-order valence-corrected chi connectivity index (χ3v) is 19.2. The summed E-state index contributed by atoms with van der Waals surface area (Å²) < 4.78 is 36.2. The lowest BCUT2D eigenvalue weighted by Crippen LogP contribution is -2.61. The molecule has 494 valence electrons. The van der Waals surface area contributed by atoms with Crippen molar-refractivity contribution >= 4 is 47.2 Å². The molecule has 2 bridgehead atoms. The summed E-state index contributed by atoms with van der Waals surface area (Å²) in [6.45, 7) is 16.2. The van der Waals surface area contributed by atoms with Crippen molar-refractivity contribution in [2.45, 2.75) is 199 Å². The Kier molecular flexibility index (Phi) is 24.6. The molecule has 1 aliphatic carbocycles. The maximum absolute atomic E-state index is 14.7. The number of aliphatic hydroxyl groups excluding tert-OH is 1. The number of rotatable bonds is 9. The van der Waals surface area contributed by atoms with E-state index in [0.29, 0.717) is 94.9 Å². The first kappa shape index (κ1) is 69.5. The third-order valence-electron chi connectivity index (χ3n) is 19.2. The second-order valence-electron chi connectivity index (χ2n) is 26.0. The molecule has 0 spiro atoms. The lowest BCUT2D eigenvalue weighted by Gasteiger charge is -2.42. The second kappa shape index (κ2) is 31.8. The number of amides is 2. The summed E-state index contributed by atoms with van der Waals surface area (Å²) in [7, 11) is 4.49. The summed E-state index contributed by atoms with van der Waals surface area (Å²) in [5, 5.41) is 23.7. The number of carbonyl (C=O) groups excluding carboxylic acids is 6. The van der Waals surface area contributed by atoms with Gasteiger partial charge in [-0.05, 0) is 114 Å². The normalized spacial score (nSPS) is 34.2. The van der Waals surface area contributed by atoms with Crippen LogP contribution in [0.4, 0.5) is 16.7 Å². The summed E-state index contributed by atoms with van der Waals surface area (Å²) in [5.74, 6) is -7.16. The van der Waals surface area contributed by atoms with Crippen LogP contribution in [0.1, 0.15) is 135 Å². The fourth-order valence-corrected chi connectivity index (χ4v) is 13.5. The first-order valence-corrected chi connectivity index (χ1v) is 32.3. The van der Waals surface area contributed by atoms with Crippen LogP contribution in [0, 0.1) is 36.5 Å². The van der Waals surface area contributed by atoms with Gasteiger partial charge in [0.05, 0.1) is 30.6 Å². The fraction of sp³-hybridized carbons (Fsp3) is 0.672. The van der Waals surface area contributed by atoms with Gasteiger partial charge in [0.15, 0.2) is 5.78 Å². The number of aliphatic hydroxyl groups is 2. The molecule has 2 amide bonds. The summed E-state index contributed by atoms with van der Waals surface area (Å²) in [6.07, 6.45) is 14.7. The van der Waals surface area contributed by atoms with Crippen molar-refractivity contribution in [2.24, 2.45) is 35.3 Å². The average molecular weight is 1250 g/mol. The van der Waals surface area contributed by atoms with Gasteiger partial charge in [-0.25, -0.2) is 29.5 Å². The van der Waals surface area contributed by atoms with Crippen LogP contribution >= 0.6 is 0 Å². The van der Waals surface area contributed by atoms with Crippen LogP contribution in [0.3, 0.4) is 0 Å². The van der Waals surface area contributed by atoms with E-state index in [1.807, 2.05) is 63.5 Å². The van der Waals surface area contributed by atoms with E-state index in [9.17, 15) is 39.0 Å². The van der Waals surface area contributed by atoms with Gasteiger partial charge in [-0.15, -0.1) is 0 Å². The molecule has 0 unspecified atom stereocenters. The van der Waals surface area contributed by atoms with Crippen molar-refractivity contribution in [3.05, 3.63) is 83.0 Å². The van der Waals surface area contributed by atoms with Crippen molar-refractivity contribution in [3.8, 4) is 0 Å². The molecule has 1 saturated carbocycles. The number of hydrogen-bond acceptors (Lipinski definition) is 21. The van der Waals surface area contributed by atoms with Gasteiger partial charge in [-0.2, -0.15) is 0 Å². The van der Waals surface area contributed by atoms with Crippen LogP contribution in [0.2, 0.25) is 0 Å². The molecule has 15 atom stereocenters. The minimum Gasteiger partial charge on any atom is -0.459 e. The lowest BCUT2D eigenvalue weighted by atomic mass is 9.80. The van der Waals surface area contributed by atoms with Crippen molar-refractivity contribution < 1.29 is 67.4 Å². The van der Waals surface area contributed by atoms with Crippen molar-refractivity contribution in [3.63, 3.8) is 0 Å². The minimum atomic E-state index is -2.49. The Morgan fingerprint density at radius 1 is 0.789 bits per heavy atom. The zero-order valence-corrected chi connectivity index (χ0v) is 54.4. The van der Waals surface area contributed by atoms with E-state index in [1.54, 1.807) is 59.1 Å². The molecule has 8 rings (SSSR count). The van der Waals surface area contributed by atoms with Crippen molar-refractivity contribution in [2.75, 3.05) is 70.4 Å². The smallest absolute Gasteiger partial charge is 0.410 e. The number of Topliss-reactive ketones (excluding diaryl/α,β-unsaturated/α-hetero) is 3. The number of methoxy groups -OCH3 is 3. The molecule has 90 heavy (non-hydrogen) atoms. The Labute approximate surface area is 530 Å². The first-order chi connectivity index (χ1) is 43.0. The number of fused-ring (bicyclic) bond motifs is 4. The van der Waals surface area contributed by atoms with Gasteiger partial charge >= 0.3 is 12.1 Å². The molecule has 5 aliphatic heterocycles. The predicted octanol–water partition coefficient (Wildman–Crippen LogP) is 6.29. The van der Waals surface area contributed by atoms with Crippen molar-refractivity contribution in [1.29, 1.82) is 0 Å². The summed E-state index contributed by atoms with van der Waals surface area (Å²) in [4.78, 5) is 112. The van der Waals surface area contributed by atoms with Crippen LogP contribution in [0.25, 0.3) is 0 Å². The Balaban J connectivity index is 0.959. The number of hydrogen-bond donors (Lipinski definition) is 3. The zero-order valence-electron chi connectivity index (χ0n) is 54.4. The highest BCUT2D eigenvalue weighted by atomic mass is 16.6. The zero-order chi connectivity index (χ0) is 65.0. The highest BCUT2D eigenvalue weighted by Gasteiger charge is 2.53. The van der Waals surface area contributed by atoms with Gasteiger partial charge in [-0.1, -0.05) is 64.2 Å². The summed E-state index contributed by atoms with van der Waals surface area (Å²) in [6, 6.07) is -2.18. The number of aryl methyl sites for hydroxylation is 1. The molecule has 23 heteroatoms. The molecular weight excluding hydrogens is 1150 g/mol. The molecule has 3 saturated heterocycles. The Bertz CT molecular complexity index is 2950. The summed E-state index contributed by atoms with van der Waals surface area (Å²) >= 11 is 0. The van der Waals surface area contributed by atoms with E-state index >= 15 is 0 Å². The third kappa shape index (κ3) is 17.2. The fourth-order valence-electron chi connectivity index (χ4n) is 13.5. The number of piperazine rings is 1. The van der Waals surface area contributed by atoms with Gasteiger partial charge in [0.1, 0.15) is 36.2 Å². The molecule has 23 nitrogen and oxygen atoms in total. The van der Waals surface area contributed by atoms with Crippen molar-refractivity contribution in [1.82, 2.24) is 29.7 Å². The molecule has 7 heterocycles. The van der Waals surface area contributed by atoms with E-state index in [0.717, 1.165) is 40.4 Å². The molecule has 4 N–H and O–H groups in total. The van der Waals surface area contributed by atoms with Gasteiger partial charge in [0.25, 0.3) is 11.7 Å². The number of piperidine rings is 1. The van der Waals surface area contributed by atoms with Gasteiger partial charge < -0.3 is 64.0 Å². The summed E-state index contributed by atoms with van der Waals surface area (Å²) in [5.41, 5.74) is 11.0. The number of allylic oxidation sites excluding steroid dienone is 6. The van der Waals surface area contributed by atoms with E-state index in [-0.39, 0.29) is 62.2 Å². The monoisotopic (exact) mass is 1250 g/mol. The van der Waals surface area contributed by atoms with Crippen LogP contribution in [0.15, 0.2) is 66.2 Å². The number of nitrogens with zero attached hydrogens (tertiary/aromatic N) is 8. The molecule has 2 aromatic heterocycles. The minimum absolute atomic E-state index is 0.0165. The maximum Gasteiger partial charge on any atom is 0.410 e. The van der Waals surface area contributed by atoms with Crippen LogP contribution in [-0.4, -0.2) is 196 Å². The molecular formula is C67H97N9O14. The highest BCUT2D eigenvalue weighted by molar-refractivity contribution is 6.39. The SMILES string of the molecule is CO[C@H]1C[C@@H]2CC[C@@H](C)[C@@](O)(O2)C(=O)C(=O)N2CCCC[C@H]2C(=O)O[C@H]([C@H](N)C[C@@H]2CC[C@@H](OC(=O)N3CCc4nc(N5CCN(c6ncc(C)cn6)CC5)ncc4C3)[C@H](OC)C2)CC(=O)[C@H](C)/C=C(\C)[C@@H](O)[C@@H](OC)C(=O)[C@H](C)C[C@H](C)/C=C/C=C/C=C/1C. The van der Waals surface area contributed by atoms with Crippen LogP contribution in [0.5, 0.6) is 0 Å². The van der Waals surface area contributed by atoms with Crippen LogP contribution < -0.4 is 15.5 Å². The lowest BCUT2D eigenvalue weighted by molar-refractivity contribution is -0.265. The molecule has 4 fully saturated rings. The number of anilines is 2. The number of esters is 1.